The zero-order valence-electron chi connectivity index (χ0n) is 37.3. The largest absolute Gasteiger partial charge is 0.399 e. The van der Waals surface area contributed by atoms with E-state index in [-0.39, 0.29) is 0 Å². The quantitative estimate of drug-likeness (QED) is 0.0373. The topological polar surface area (TPSA) is 52.0 Å². The van der Waals surface area contributed by atoms with Gasteiger partial charge in [0.15, 0.2) is 0 Å². The summed E-state index contributed by atoms with van der Waals surface area (Å²) in [7, 11) is 0. The molecule has 2 nitrogen and oxygen atoms in total. The molecule has 0 bridgehead atoms. The lowest BCUT2D eigenvalue weighted by atomic mass is 9.86. The van der Waals surface area contributed by atoms with Gasteiger partial charge in [-0.2, -0.15) is 0 Å². The molecule has 0 amide bonds. The van der Waals surface area contributed by atoms with Gasteiger partial charge < -0.3 is 11.5 Å². The van der Waals surface area contributed by atoms with E-state index in [1.807, 2.05) is 0 Å². The van der Waals surface area contributed by atoms with E-state index in [1.165, 1.54) is 213 Å². The van der Waals surface area contributed by atoms with E-state index >= 15 is 0 Å². The third kappa shape index (κ3) is 19.0. The first-order valence-electron chi connectivity index (χ1n) is 24.5. The van der Waals surface area contributed by atoms with Gasteiger partial charge in [-0.1, -0.05) is 228 Å². The van der Waals surface area contributed by atoms with Crippen LogP contribution in [0.3, 0.4) is 0 Å². The Morgan fingerprint density at radius 3 is 0.828 bits per heavy atom. The van der Waals surface area contributed by atoms with Gasteiger partial charge in [0.1, 0.15) is 0 Å². The van der Waals surface area contributed by atoms with Gasteiger partial charge in [0, 0.05) is 23.2 Å². The van der Waals surface area contributed by atoms with Gasteiger partial charge in [-0.05, 0) is 96.2 Å². The zero-order chi connectivity index (χ0) is 40.9. The number of nitrogens with two attached hydrogens (primary N) is 2. The second-order valence-corrected chi connectivity index (χ2v) is 17.8. The van der Waals surface area contributed by atoms with E-state index in [0.717, 1.165) is 11.4 Å². The highest BCUT2D eigenvalue weighted by Crippen LogP contribution is 2.33. The molecule has 0 aliphatic carbocycles. The maximum Gasteiger partial charge on any atom is 0.0314 e. The number of hydrogen-bond donors (Lipinski definition) is 2. The second-order valence-electron chi connectivity index (χ2n) is 17.8. The summed E-state index contributed by atoms with van der Waals surface area (Å²) in [4.78, 5) is 0. The average Bonchev–Trinajstić information content (AvgIpc) is 3.25. The standard InChI is InChI=1S/C56H84N2/c1-3-5-7-9-11-13-15-17-19-25-29-55(51-39-43-53(57)44-40-51)49-35-31-47(32-36-49)27-23-21-22-24-28-48-33-37-50(38-34-48)56(52-41-45-54(58)46-42-52)30-26-20-18-16-14-12-10-8-6-4-2/h31-46,55-56H,3-30,57-58H2,1-2H3. The lowest BCUT2D eigenvalue weighted by Gasteiger charge is -2.19. The molecule has 318 valence electrons. The van der Waals surface area contributed by atoms with E-state index in [4.69, 9.17) is 11.5 Å². The van der Waals surface area contributed by atoms with E-state index in [1.54, 1.807) is 0 Å². The minimum Gasteiger partial charge on any atom is -0.399 e. The lowest BCUT2D eigenvalue weighted by molar-refractivity contribution is 0.540. The van der Waals surface area contributed by atoms with Crippen molar-refractivity contribution in [3.8, 4) is 0 Å². The van der Waals surface area contributed by atoms with Crippen LogP contribution in [0.4, 0.5) is 11.4 Å². The molecule has 0 saturated heterocycles. The molecule has 0 heterocycles. The monoisotopic (exact) mass is 785 g/mol. The number of nitrogen functional groups attached to an aromatic ring is 2. The van der Waals surface area contributed by atoms with E-state index < -0.39 is 0 Å². The summed E-state index contributed by atoms with van der Waals surface area (Å²) in [6, 6.07) is 36.5. The van der Waals surface area contributed by atoms with Gasteiger partial charge in [0.05, 0.1) is 0 Å². The third-order valence-corrected chi connectivity index (χ3v) is 12.8. The molecule has 4 aromatic carbocycles. The molecule has 58 heavy (non-hydrogen) atoms. The molecule has 2 unspecified atom stereocenters. The molecule has 0 radical (unpaired) electrons. The third-order valence-electron chi connectivity index (χ3n) is 12.8. The van der Waals surface area contributed by atoms with Crippen molar-refractivity contribution in [1.82, 2.24) is 0 Å². The van der Waals surface area contributed by atoms with Crippen molar-refractivity contribution in [1.29, 1.82) is 0 Å². The SMILES string of the molecule is CCCCCCCCCCCCC(c1ccc(N)cc1)c1ccc(CCCCCCc2ccc(C(CCCCCCCCCCCC)c3ccc(N)cc3)cc2)cc1. The maximum atomic E-state index is 6.07. The van der Waals surface area contributed by atoms with Crippen LogP contribution < -0.4 is 11.5 Å². The van der Waals surface area contributed by atoms with E-state index in [9.17, 15) is 0 Å². The van der Waals surface area contributed by atoms with Crippen molar-refractivity contribution in [2.24, 2.45) is 0 Å². The normalized spacial score (nSPS) is 12.5. The number of hydrogen-bond acceptors (Lipinski definition) is 2. The van der Waals surface area contributed by atoms with Crippen LogP contribution in [0.15, 0.2) is 97.1 Å². The van der Waals surface area contributed by atoms with Crippen LogP contribution >= 0.6 is 0 Å². The van der Waals surface area contributed by atoms with Crippen LogP contribution in [0.5, 0.6) is 0 Å². The molecule has 0 saturated carbocycles. The molecule has 4 rings (SSSR count). The van der Waals surface area contributed by atoms with Crippen molar-refractivity contribution in [2.45, 2.75) is 205 Å². The highest BCUT2D eigenvalue weighted by atomic mass is 14.5. The molecule has 4 aromatic rings. The minimum absolute atomic E-state index is 0.450. The van der Waals surface area contributed by atoms with Crippen molar-refractivity contribution in [3.63, 3.8) is 0 Å². The van der Waals surface area contributed by atoms with Crippen molar-refractivity contribution < 1.29 is 0 Å². The smallest absolute Gasteiger partial charge is 0.0314 e. The van der Waals surface area contributed by atoms with Crippen LogP contribution in [0.25, 0.3) is 0 Å². The molecule has 0 aromatic heterocycles. The minimum atomic E-state index is 0.450. The van der Waals surface area contributed by atoms with Gasteiger partial charge in [-0.25, -0.2) is 0 Å². The fourth-order valence-electron chi connectivity index (χ4n) is 9.03. The Morgan fingerprint density at radius 2 is 0.534 bits per heavy atom. The maximum absolute atomic E-state index is 6.07. The predicted molar refractivity (Wildman–Crippen MR) is 257 cm³/mol. The first-order chi connectivity index (χ1) is 28.6. The highest BCUT2D eigenvalue weighted by molar-refractivity contribution is 5.44. The Kier molecular flexibility index (Phi) is 24.1. The van der Waals surface area contributed by atoms with Gasteiger partial charge >= 0.3 is 0 Å². The fraction of sp³-hybridized carbons (Fsp3) is 0.571. The summed E-state index contributed by atoms with van der Waals surface area (Å²) < 4.78 is 0. The van der Waals surface area contributed by atoms with Crippen molar-refractivity contribution >= 4 is 11.4 Å². The number of aryl methyl sites for hydroxylation is 2. The molecule has 0 aliphatic heterocycles. The molecule has 0 aliphatic rings. The van der Waals surface area contributed by atoms with Gasteiger partial charge in [-0.15, -0.1) is 0 Å². The summed E-state index contributed by atoms with van der Waals surface area (Å²) >= 11 is 0. The first-order valence-corrected chi connectivity index (χ1v) is 24.5. The Hall–Kier alpha value is -3.52. The van der Waals surface area contributed by atoms with Crippen molar-refractivity contribution in [3.05, 3.63) is 130 Å². The molecular weight excluding hydrogens is 701 g/mol. The molecule has 0 spiro atoms. The van der Waals surface area contributed by atoms with E-state index in [2.05, 4.69) is 111 Å². The van der Waals surface area contributed by atoms with Crippen LogP contribution in [-0.2, 0) is 12.8 Å². The summed E-state index contributed by atoms with van der Waals surface area (Å²) in [6.45, 7) is 4.60. The molecule has 2 atom stereocenters. The first kappa shape index (κ1) is 47.2. The summed E-state index contributed by atoms with van der Waals surface area (Å²) in [6.07, 6.45) is 37.5. The van der Waals surface area contributed by atoms with Crippen LogP contribution in [0, 0.1) is 0 Å². The Labute approximate surface area is 357 Å². The second kappa shape index (κ2) is 29.7. The van der Waals surface area contributed by atoms with Gasteiger partial charge in [-0.3, -0.25) is 0 Å². The lowest BCUT2D eigenvalue weighted by Crippen LogP contribution is -2.02. The molecule has 2 heteroatoms. The van der Waals surface area contributed by atoms with Gasteiger partial charge in [0.25, 0.3) is 0 Å². The number of anilines is 2. The molecule has 0 fully saturated rings. The zero-order valence-corrected chi connectivity index (χ0v) is 37.3. The predicted octanol–water partition coefficient (Wildman–Crippen LogP) is 17.1. The van der Waals surface area contributed by atoms with E-state index in [0.29, 0.717) is 11.8 Å². The molecular formula is C56H84N2. The Bertz CT molecular complexity index is 1430. The van der Waals surface area contributed by atoms with Gasteiger partial charge in [0.2, 0.25) is 0 Å². The Morgan fingerprint density at radius 1 is 0.293 bits per heavy atom. The Balaban J connectivity index is 1.16. The van der Waals surface area contributed by atoms with Crippen LogP contribution in [0.1, 0.15) is 226 Å². The summed E-state index contributed by atoms with van der Waals surface area (Å²) in [5, 5.41) is 0. The van der Waals surface area contributed by atoms with Crippen molar-refractivity contribution in [2.75, 3.05) is 11.5 Å². The van der Waals surface area contributed by atoms with Crippen LogP contribution in [-0.4, -0.2) is 0 Å². The fourth-order valence-corrected chi connectivity index (χ4v) is 9.03. The number of rotatable bonds is 33. The molecule has 4 N–H and O–H groups in total. The number of benzene rings is 4. The average molecular weight is 785 g/mol. The van der Waals surface area contributed by atoms with Crippen LogP contribution in [0.2, 0.25) is 0 Å². The number of unbranched alkanes of at least 4 members (excludes halogenated alkanes) is 21. The summed E-state index contributed by atoms with van der Waals surface area (Å²) in [5.74, 6) is 0.900. The highest BCUT2D eigenvalue weighted by Gasteiger charge is 2.16. The summed E-state index contributed by atoms with van der Waals surface area (Å²) in [5.41, 5.74) is 22.5.